The number of aliphatic hydroxyl groups is 1. The van der Waals surface area contributed by atoms with Crippen molar-refractivity contribution >= 4 is 23.7 Å². The maximum Gasteiger partial charge on any atom is 0.404 e. The minimum Gasteiger partial charge on any atom is -0.481 e. The fourth-order valence-electron chi connectivity index (χ4n) is 4.11. The zero-order chi connectivity index (χ0) is 25.8. The SMILES string of the molecule is CC(C)=CCC1O[C@@H]1C1CCCCC1O.O=C(O)CCCC(=O)Nc1ccc(CNC(=O)O)cc1. The van der Waals surface area contributed by atoms with Gasteiger partial charge in [-0.2, -0.15) is 0 Å². The minimum atomic E-state index is -1.10. The van der Waals surface area contributed by atoms with Gasteiger partial charge in [-0.15, -0.1) is 0 Å². The topological polar surface area (TPSA) is 148 Å². The molecule has 1 heterocycles. The third-order valence-electron chi connectivity index (χ3n) is 6.06. The number of ether oxygens (including phenoxy) is 1. The normalized spacial score (nSPS) is 22.7. The Hall–Kier alpha value is -2.91. The third kappa shape index (κ3) is 11.4. The number of carboxylic acids is 1. The average molecular weight is 491 g/mol. The summed E-state index contributed by atoms with van der Waals surface area (Å²) < 4.78 is 5.67. The lowest BCUT2D eigenvalue weighted by molar-refractivity contribution is -0.137. The molecule has 0 aromatic heterocycles. The largest absolute Gasteiger partial charge is 0.481 e. The summed E-state index contributed by atoms with van der Waals surface area (Å²) in [5, 5.41) is 31.7. The molecule has 4 atom stereocenters. The molecule has 0 radical (unpaired) electrons. The number of carbonyl (C=O) groups excluding carboxylic acids is 1. The molecule has 1 aliphatic carbocycles. The van der Waals surface area contributed by atoms with Gasteiger partial charge in [-0.1, -0.05) is 36.6 Å². The summed E-state index contributed by atoms with van der Waals surface area (Å²) in [6, 6.07) is 6.72. The highest BCUT2D eigenvalue weighted by atomic mass is 16.6. The summed E-state index contributed by atoms with van der Waals surface area (Å²) in [4.78, 5) is 32.1. The molecule has 3 unspecified atom stereocenters. The summed E-state index contributed by atoms with van der Waals surface area (Å²) in [5.41, 5.74) is 2.72. The molecule has 2 aliphatic rings. The molecule has 1 aromatic rings. The first kappa shape index (κ1) is 28.3. The van der Waals surface area contributed by atoms with E-state index in [9.17, 15) is 19.5 Å². The Balaban J connectivity index is 0.000000256. The van der Waals surface area contributed by atoms with Crippen LogP contribution in [0, 0.1) is 5.92 Å². The molecule has 2 amide bonds. The van der Waals surface area contributed by atoms with Crippen LogP contribution < -0.4 is 10.6 Å². The van der Waals surface area contributed by atoms with Crippen LogP contribution in [0.25, 0.3) is 0 Å². The van der Waals surface area contributed by atoms with Crippen molar-refractivity contribution in [1.82, 2.24) is 5.32 Å². The second kappa shape index (κ2) is 14.5. The van der Waals surface area contributed by atoms with Crippen LogP contribution in [0.5, 0.6) is 0 Å². The quantitative estimate of drug-likeness (QED) is 0.242. The number of nitrogens with one attached hydrogen (secondary N) is 2. The van der Waals surface area contributed by atoms with Gasteiger partial charge in [-0.3, -0.25) is 9.59 Å². The Labute approximate surface area is 206 Å². The highest BCUT2D eigenvalue weighted by molar-refractivity contribution is 5.90. The van der Waals surface area contributed by atoms with Crippen molar-refractivity contribution in [1.29, 1.82) is 0 Å². The fraction of sp³-hybridized carbons (Fsp3) is 0.577. The van der Waals surface area contributed by atoms with Crippen molar-refractivity contribution in [2.24, 2.45) is 5.92 Å². The maximum absolute atomic E-state index is 11.5. The molecular weight excluding hydrogens is 452 g/mol. The summed E-state index contributed by atoms with van der Waals surface area (Å²) >= 11 is 0. The zero-order valence-corrected chi connectivity index (χ0v) is 20.5. The Morgan fingerprint density at radius 3 is 2.34 bits per heavy atom. The number of hydrogen-bond donors (Lipinski definition) is 5. The number of anilines is 1. The van der Waals surface area contributed by atoms with Crippen LogP contribution in [0.15, 0.2) is 35.9 Å². The van der Waals surface area contributed by atoms with Gasteiger partial charge in [0.15, 0.2) is 0 Å². The maximum atomic E-state index is 11.5. The molecule has 1 aromatic carbocycles. The molecule has 35 heavy (non-hydrogen) atoms. The Bertz CT molecular complexity index is 865. The number of benzene rings is 1. The van der Waals surface area contributed by atoms with Crippen LogP contribution in [-0.4, -0.2) is 51.6 Å². The minimum absolute atomic E-state index is 0.0345. The molecule has 194 valence electrons. The lowest BCUT2D eigenvalue weighted by Crippen LogP contribution is -2.29. The number of carbonyl (C=O) groups is 3. The molecule has 3 rings (SSSR count). The monoisotopic (exact) mass is 490 g/mol. The van der Waals surface area contributed by atoms with Crippen molar-refractivity contribution in [2.75, 3.05) is 5.32 Å². The van der Waals surface area contributed by atoms with Crippen LogP contribution >= 0.6 is 0 Å². The van der Waals surface area contributed by atoms with E-state index in [0.717, 1.165) is 24.8 Å². The number of carboxylic acid groups (broad SMARTS) is 2. The zero-order valence-electron chi connectivity index (χ0n) is 20.5. The van der Waals surface area contributed by atoms with E-state index in [-0.39, 0.29) is 31.4 Å². The molecule has 1 saturated heterocycles. The number of amides is 2. The second-order valence-corrected chi connectivity index (χ2v) is 9.32. The summed E-state index contributed by atoms with van der Waals surface area (Å²) in [5.74, 6) is -0.759. The van der Waals surface area contributed by atoms with Crippen molar-refractivity contribution in [3.63, 3.8) is 0 Å². The van der Waals surface area contributed by atoms with Gasteiger partial charge in [0.05, 0.1) is 18.3 Å². The standard InChI is InChI=1S/C13H16N2O5.C13H22O2/c16-11(2-1-3-12(17)18)15-10-6-4-9(5-7-10)8-14-13(19)20;1-9(2)7-8-12-13(15-12)10-5-3-4-6-11(10)14/h4-7,14H,1-3,8H2,(H,15,16)(H,17,18)(H,19,20);7,10-14H,3-6,8H2,1-2H3/t;10?,11?,12?,13-/m.1/s1. The van der Waals surface area contributed by atoms with Crippen LogP contribution in [-0.2, 0) is 20.9 Å². The molecule has 0 spiro atoms. The lowest BCUT2D eigenvalue weighted by Gasteiger charge is -2.26. The van der Waals surface area contributed by atoms with Crippen molar-refractivity contribution in [2.45, 2.75) is 90.1 Å². The molecular formula is C26H38N2O7. The van der Waals surface area contributed by atoms with Gasteiger partial charge in [0.25, 0.3) is 0 Å². The van der Waals surface area contributed by atoms with Gasteiger partial charge >= 0.3 is 12.1 Å². The van der Waals surface area contributed by atoms with E-state index < -0.39 is 12.1 Å². The summed E-state index contributed by atoms with van der Waals surface area (Å²) in [6.45, 7) is 4.43. The van der Waals surface area contributed by atoms with E-state index in [2.05, 4.69) is 30.6 Å². The lowest BCUT2D eigenvalue weighted by atomic mass is 9.83. The molecule has 2 fully saturated rings. The van der Waals surface area contributed by atoms with Gasteiger partial charge in [-0.05, 0) is 57.2 Å². The third-order valence-corrected chi connectivity index (χ3v) is 6.06. The van der Waals surface area contributed by atoms with Crippen molar-refractivity contribution < 1.29 is 34.4 Å². The highest BCUT2D eigenvalue weighted by Gasteiger charge is 2.46. The van der Waals surface area contributed by atoms with Crippen LogP contribution in [0.2, 0.25) is 0 Å². The van der Waals surface area contributed by atoms with E-state index in [0.29, 0.717) is 30.2 Å². The van der Waals surface area contributed by atoms with E-state index in [4.69, 9.17) is 14.9 Å². The van der Waals surface area contributed by atoms with E-state index in [1.165, 1.54) is 18.4 Å². The smallest absolute Gasteiger partial charge is 0.404 e. The van der Waals surface area contributed by atoms with Crippen molar-refractivity contribution in [3.8, 4) is 0 Å². The van der Waals surface area contributed by atoms with Gasteiger partial charge < -0.3 is 30.7 Å². The van der Waals surface area contributed by atoms with Crippen molar-refractivity contribution in [3.05, 3.63) is 41.5 Å². The molecule has 9 nitrogen and oxygen atoms in total. The molecule has 9 heteroatoms. The number of rotatable bonds is 10. The number of hydrogen-bond acceptors (Lipinski definition) is 5. The average Bonchev–Trinajstić information content (AvgIpc) is 3.57. The predicted molar refractivity (Wildman–Crippen MR) is 132 cm³/mol. The number of aliphatic carboxylic acids is 1. The first-order valence-electron chi connectivity index (χ1n) is 12.2. The molecule has 1 aliphatic heterocycles. The fourth-order valence-corrected chi connectivity index (χ4v) is 4.11. The molecule has 1 saturated carbocycles. The van der Waals surface area contributed by atoms with Crippen LogP contribution in [0.3, 0.4) is 0 Å². The second-order valence-electron chi connectivity index (χ2n) is 9.32. The van der Waals surface area contributed by atoms with E-state index in [1.54, 1.807) is 24.3 Å². The Kier molecular flexibility index (Phi) is 11.7. The first-order valence-corrected chi connectivity index (χ1v) is 12.2. The predicted octanol–water partition coefficient (Wildman–Crippen LogP) is 4.31. The van der Waals surface area contributed by atoms with Gasteiger partial charge in [0.1, 0.15) is 0 Å². The number of aliphatic hydroxyl groups excluding tert-OH is 1. The first-order chi connectivity index (χ1) is 16.7. The number of allylic oxidation sites excluding steroid dienone is 1. The molecule has 5 N–H and O–H groups in total. The van der Waals surface area contributed by atoms with Gasteiger partial charge in [0, 0.05) is 31.0 Å². The van der Waals surface area contributed by atoms with E-state index in [1.807, 2.05) is 0 Å². The van der Waals surface area contributed by atoms with Gasteiger partial charge in [-0.25, -0.2) is 4.79 Å². The summed E-state index contributed by atoms with van der Waals surface area (Å²) in [7, 11) is 0. The Morgan fingerprint density at radius 1 is 1.06 bits per heavy atom. The van der Waals surface area contributed by atoms with Crippen LogP contribution in [0.1, 0.15) is 70.8 Å². The Morgan fingerprint density at radius 2 is 1.74 bits per heavy atom. The highest BCUT2D eigenvalue weighted by Crippen LogP contribution is 2.40. The van der Waals surface area contributed by atoms with Crippen LogP contribution in [0.4, 0.5) is 10.5 Å². The van der Waals surface area contributed by atoms with Gasteiger partial charge in [0.2, 0.25) is 5.91 Å². The molecule has 0 bridgehead atoms. The number of epoxide rings is 1. The summed E-state index contributed by atoms with van der Waals surface area (Å²) in [6.07, 6.45) is 7.76. The van der Waals surface area contributed by atoms with E-state index >= 15 is 0 Å².